The molecule has 0 aliphatic heterocycles. The van der Waals surface area contributed by atoms with Gasteiger partial charge in [-0.15, -0.1) is 0 Å². The number of carboxylic acids is 1. The average Bonchev–Trinajstić information content (AvgIpc) is 3.55. The number of aromatic amines is 1. The van der Waals surface area contributed by atoms with Gasteiger partial charge in [0, 0.05) is 44.4 Å². The van der Waals surface area contributed by atoms with Gasteiger partial charge in [-0.2, -0.15) is 31.4 Å². The number of alkyl halides is 6. The number of H-pyrrole nitrogens is 1. The van der Waals surface area contributed by atoms with Gasteiger partial charge in [0.05, 0.1) is 16.8 Å². The summed E-state index contributed by atoms with van der Waals surface area (Å²) in [6.07, 6.45) is -5.84. The highest BCUT2D eigenvalue weighted by molar-refractivity contribution is 5.66. The maximum absolute atomic E-state index is 13.6. The Morgan fingerprint density at radius 1 is 0.905 bits per heavy atom. The van der Waals surface area contributed by atoms with Crippen LogP contribution in [0.1, 0.15) is 71.7 Å². The van der Waals surface area contributed by atoms with Crippen LogP contribution in [0.5, 0.6) is 0 Å². The van der Waals surface area contributed by atoms with Crippen LogP contribution in [0.4, 0.5) is 37.8 Å². The van der Waals surface area contributed by atoms with Gasteiger partial charge in [-0.05, 0) is 92.5 Å². The molecule has 0 radical (unpaired) electrons. The second kappa shape index (κ2) is 12.7. The summed E-state index contributed by atoms with van der Waals surface area (Å²) in [4.78, 5) is 14.8. The minimum absolute atomic E-state index is 0.0679. The maximum Gasteiger partial charge on any atom is 0.416 e. The van der Waals surface area contributed by atoms with E-state index in [1.165, 1.54) is 11.1 Å². The van der Waals surface area contributed by atoms with Crippen molar-refractivity contribution in [3.05, 3.63) is 75.5 Å². The first kappa shape index (κ1) is 31.2. The Kier molecular flexibility index (Phi) is 9.42. The van der Waals surface area contributed by atoms with Crippen LogP contribution in [0.25, 0.3) is 0 Å². The predicted octanol–water partition coefficient (Wildman–Crippen LogP) is 7.53. The van der Waals surface area contributed by atoms with Crippen molar-refractivity contribution in [3.8, 4) is 0 Å². The molecule has 1 aromatic heterocycles. The van der Waals surface area contributed by atoms with Crippen LogP contribution < -0.4 is 9.80 Å². The highest BCUT2D eigenvalue weighted by atomic mass is 19.4. The van der Waals surface area contributed by atoms with Crippen LogP contribution in [-0.2, 0) is 43.1 Å². The van der Waals surface area contributed by atoms with Crippen molar-refractivity contribution >= 4 is 17.5 Å². The minimum atomic E-state index is -4.94. The van der Waals surface area contributed by atoms with Crippen LogP contribution in [0.2, 0.25) is 0 Å². The van der Waals surface area contributed by atoms with Crippen LogP contribution in [0.3, 0.4) is 0 Å². The molecule has 1 heterocycles. The molecule has 12 heteroatoms. The highest BCUT2D eigenvalue weighted by Crippen LogP contribution is 2.38. The number of nitrogens with zero attached hydrogens (tertiary/aromatic N) is 3. The number of unbranched alkanes of at least 4 members (excludes halogenated alkanes) is 1. The molecule has 2 aromatic carbocycles. The SMILES string of the molecule is CCN(CCCCC(=O)O)c1cc2c(cc1CN(Cc1cc(C(F)(F)F)cc(C(F)(F)F)c1)c1cc(C)n[nH]1)CCC2. The van der Waals surface area contributed by atoms with Gasteiger partial charge < -0.3 is 14.9 Å². The Morgan fingerprint density at radius 2 is 1.55 bits per heavy atom. The Morgan fingerprint density at radius 3 is 2.10 bits per heavy atom. The number of aromatic nitrogens is 2. The van der Waals surface area contributed by atoms with Crippen molar-refractivity contribution in [2.24, 2.45) is 0 Å². The Hall–Kier alpha value is -3.70. The molecule has 3 aromatic rings. The maximum atomic E-state index is 13.6. The summed E-state index contributed by atoms with van der Waals surface area (Å²) < 4.78 is 81.5. The van der Waals surface area contributed by atoms with E-state index in [4.69, 9.17) is 5.11 Å². The van der Waals surface area contributed by atoms with Crippen LogP contribution in [0, 0.1) is 6.92 Å². The van der Waals surface area contributed by atoms with Crippen molar-refractivity contribution in [2.45, 2.75) is 77.8 Å². The smallest absolute Gasteiger partial charge is 0.416 e. The average molecular weight is 597 g/mol. The zero-order valence-corrected chi connectivity index (χ0v) is 23.5. The Bertz CT molecular complexity index is 1370. The summed E-state index contributed by atoms with van der Waals surface area (Å²) in [5, 5.41) is 16.0. The molecule has 0 bridgehead atoms. The monoisotopic (exact) mass is 596 g/mol. The van der Waals surface area contributed by atoms with Crippen LogP contribution in [0.15, 0.2) is 36.4 Å². The van der Waals surface area contributed by atoms with Crippen LogP contribution in [-0.4, -0.2) is 34.4 Å². The molecule has 0 fully saturated rings. The molecule has 42 heavy (non-hydrogen) atoms. The van der Waals surface area contributed by atoms with E-state index in [2.05, 4.69) is 27.2 Å². The molecule has 0 spiro atoms. The Labute approximate surface area is 240 Å². The lowest BCUT2D eigenvalue weighted by Crippen LogP contribution is -2.28. The van der Waals surface area contributed by atoms with Gasteiger partial charge in [0.2, 0.25) is 0 Å². The van der Waals surface area contributed by atoms with E-state index in [0.29, 0.717) is 37.4 Å². The van der Waals surface area contributed by atoms with E-state index in [-0.39, 0.29) is 31.1 Å². The number of anilines is 2. The van der Waals surface area contributed by atoms with Crippen molar-refractivity contribution in [3.63, 3.8) is 0 Å². The number of nitrogens with one attached hydrogen (secondary N) is 1. The third kappa shape index (κ3) is 7.77. The lowest BCUT2D eigenvalue weighted by Gasteiger charge is -2.30. The highest BCUT2D eigenvalue weighted by Gasteiger charge is 2.37. The molecule has 4 rings (SSSR count). The summed E-state index contributed by atoms with van der Waals surface area (Å²) >= 11 is 0. The number of rotatable bonds is 12. The number of hydrogen-bond acceptors (Lipinski definition) is 4. The van der Waals surface area contributed by atoms with E-state index in [1.54, 1.807) is 17.9 Å². The first-order chi connectivity index (χ1) is 19.7. The standard InChI is InChI=1S/C30H34F6N4O2/c1-3-39(10-5-4-9-28(41)42)26-15-22-8-6-7-21(22)14-23(26)18-40(27-11-19(2)37-38-27)17-20-12-24(29(31,32)33)16-25(13-20)30(34,35)36/h11-16H,3-10,17-18H2,1-2H3,(H,37,38)(H,41,42). The van der Waals surface area contributed by atoms with Crippen molar-refractivity contribution in [2.75, 3.05) is 22.9 Å². The van der Waals surface area contributed by atoms with E-state index in [9.17, 15) is 31.1 Å². The predicted molar refractivity (Wildman–Crippen MR) is 147 cm³/mol. The van der Waals surface area contributed by atoms with E-state index >= 15 is 0 Å². The topological polar surface area (TPSA) is 72.5 Å². The van der Waals surface area contributed by atoms with Gasteiger partial charge in [0.15, 0.2) is 0 Å². The first-order valence-corrected chi connectivity index (χ1v) is 13.9. The number of hydrogen-bond donors (Lipinski definition) is 2. The lowest BCUT2D eigenvalue weighted by atomic mass is 10.0. The quantitative estimate of drug-likeness (QED) is 0.167. The molecule has 0 saturated heterocycles. The fourth-order valence-corrected chi connectivity index (χ4v) is 5.44. The van der Waals surface area contributed by atoms with Gasteiger partial charge in [0.25, 0.3) is 0 Å². The second-order valence-corrected chi connectivity index (χ2v) is 10.7. The first-order valence-electron chi connectivity index (χ1n) is 13.9. The lowest BCUT2D eigenvalue weighted by molar-refractivity contribution is -0.143. The summed E-state index contributed by atoms with van der Waals surface area (Å²) in [6.45, 7) is 4.96. The molecule has 1 aliphatic rings. The minimum Gasteiger partial charge on any atom is -0.481 e. The molecule has 228 valence electrons. The molecule has 0 atom stereocenters. The molecule has 1 aliphatic carbocycles. The number of carbonyl (C=O) groups is 1. The normalized spacial score (nSPS) is 13.3. The molecule has 0 amide bonds. The molecule has 2 N–H and O–H groups in total. The molecule has 0 saturated carbocycles. The summed E-state index contributed by atoms with van der Waals surface area (Å²) in [5.41, 5.74) is 1.98. The largest absolute Gasteiger partial charge is 0.481 e. The number of fused-ring (bicyclic) bond motifs is 1. The number of benzene rings is 2. The molecular weight excluding hydrogens is 562 g/mol. The molecular formula is C30H34F6N4O2. The summed E-state index contributed by atoms with van der Waals surface area (Å²) in [6, 6.07) is 7.57. The third-order valence-corrected chi connectivity index (χ3v) is 7.50. The summed E-state index contributed by atoms with van der Waals surface area (Å²) in [5.74, 6) is -0.389. The van der Waals surface area contributed by atoms with Gasteiger partial charge >= 0.3 is 18.3 Å². The number of halogens is 6. The number of carboxylic acid groups (broad SMARTS) is 1. The van der Waals surface area contributed by atoms with Crippen molar-refractivity contribution < 1.29 is 36.2 Å². The van der Waals surface area contributed by atoms with E-state index in [0.717, 1.165) is 42.6 Å². The van der Waals surface area contributed by atoms with Gasteiger partial charge in [-0.25, -0.2) is 0 Å². The third-order valence-electron chi connectivity index (χ3n) is 7.50. The molecule has 6 nitrogen and oxygen atoms in total. The fraction of sp³-hybridized carbons (Fsp3) is 0.467. The van der Waals surface area contributed by atoms with Gasteiger partial charge in [-0.3, -0.25) is 9.89 Å². The Balaban J connectivity index is 1.73. The molecule has 0 unspecified atom stereocenters. The zero-order chi connectivity index (χ0) is 30.7. The fourth-order valence-electron chi connectivity index (χ4n) is 5.44. The van der Waals surface area contributed by atoms with Crippen LogP contribution >= 0.6 is 0 Å². The van der Waals surface area contributed by atoms with Gasteiger partial charge in [0.1, 0.15) is 5.82 Å². The van der Waals surface area contributed by atoms with Crippen molar-refractivity contribution in [1.82, 2.24) is 10.2 Å². The van der Waals surface area contributed by atoms with Gasteiger partial charge in [-0.1, -0.05) is 6.07 Å². The zero-order valence-electron chi connectivity index (χ0n) is 23.5. The number of aryl methyl sites for hydroxylation is 3. The summed E-state index contributed by atoms with van der Waals surface area (Å²) in [7, 11) is 0. The van der Waals surface area contributed by atoms with E-state index < -0.39 is 29.4 Å². The number of aliphatic carboxylic acids is 1. The van der Waals surface area contributed by atoms with E-state index in [1.807, 2.05) is 6.92 Å². The van der Waals surface area contributed by atoms with Crippen molar-refractivity contribution in [1.29, 1.82) is 0 Å². The second-order valence-electron chi connectivity index (χ2n) is 10.7.